The highest BCUT2D eigenvalue weighted by Crippen LogP contribution is 2.34. The van der Waals surface area contributed by atoms with Crippen LogP contribution in [-0.4, -0.2) is 19.6 Å². The van der Waals surface area contributed by atoms with Crippen LogP contribution in [0.3, 0.4) is 0 Å². The summed E-state index contributed by atoms with van der Waals surface area (Å²) in [5, 5.41) is 24.3. The second-order valence-electron chi connectivity index (χ2n) is 5.18. The van der Waals surface area contributed by atoms with E-state index in [4.69, 9.17) is 11.5 Å². The van der Waals surface area contributed by atoms with E-state index in [-0.39, 0.29) is 22.9 Å². The van der Waals surface area contributed by atoms with Crippen molar-refractivity contribution in [2.45, 2.75) is 0 Å². The van der Waals surface area contributed by atoms with E-state index in [0.717, 1.165) is 5.56 Å². The number of hydrogen-bond acceptors (Lipinski definition) is 9. The first-order valence-electron chi connectivity index (χ1n) is 7.43. The fourth-order valence-corrected chi connectivity index (χ4v) is 2.95. The van der Waals surface area contributed by atoms with Gasteiger partial charge in [-0.05, 0) is 0 Å². The van der Waals surface area contributed by atoms with Crippen molar-refractivity contribution in [1.82, 2.24) is 19.6 Å². The summed E-state index contributed by atoms with van der Waals surface area (Å²) in [6.07, 6.45) is 1.63. The summed E-state index contributed by atoms with van der Waals surface area (Å²) in [4.78, 5) is 8.30. The third kappa shape index (κ3) is 2.52. The zero-order chi connectivity index (χ0) is 18.1. The molecule has 10 heteroatoms. The van der Waals surface area contributed by atoms with Crippen LogP contribution in [0.15, 0.2) is 52.1 Å². The zero-order valence-corrected chi connectivity index (χ0v) is 14.1. The summed E-state index contributed by atoms with van der Waals surface area (Å²) in [5.41, 5.74) is 14.1. The predicted octanol–water partition coefficient (Wildman–Crippen LogP) is 3.30. The minimum atomic E-state index is 0.0736. The van der Waals surface area contributed by atoms with E-state index < -0.39 is 0 Å². The van der Waals surface area contributed by atoms with E-state index in [1.54, 1.807) is 11.6 Å². The quantitative estimate of drug-likeness (QED) is 0.536. The maximum absolute atomic E-state index is 9.53. The summed E-state index contributed by atoms with van der Waals surface area (Å²) < 4.78 is 1.47. The molecule has 0 bridgehead atoms. The van der Waals surface area contributed by atoms with Crippen LogP contribution < -0.4 is 11.5 Å². The number of nitrogens with zero attached hydrogens (tertiary/aromatic N) is 7. The average Bonchev–Trinajstić information content (AvgIpc) is 3.27. The molecule has 0 fully saturated rings. The van der Waals surface area contributed by atoms with Gasteiger partial charge in [-0.3, -0.25) is 0 Å². The number of rotatable bonds is 3. The van der Waals surface area contributed by atoms with Crippen LogP contribution in [0.2, 0.25) is 0 Å². The smallest absolute Gasteiger partial charge is 0.229 e. The van der Waals surface area contributed by atoms with Crippen molar-refractivity contribution in [2.75, 3.05) is 11.5 Å². The summed E-state index contributed by atoms with van der Waals surface area (Å²) >= 11 is 1.34. The second-order valence-corrected chi connectivity index (χ2v) is 6.06. The first-order chi connectivity index (χ1) is 12.7. The van der Waals surface area contributed by atoms with Gasteiger partial charge in [-0.25, -0.2) is 14.5 Å². The molecule has 0 unspecified atom stereocenters. The lowest BCUT2D eigenvalue weighted by Gasteiger charge is -2.08. The molecule has 0 saturated carbocycles. The average molecular weight is 361 g/mol. The van der Waals surface area contributed by atoms with E-state index in [1.165, 1.54) is 15.9 Å². The maximum atomic E-state index is 9.53. The zero-order valence-electron chi connectivity index (χ0n) is 13.2. The molecular weight excluding hydrogens is 350 g/mol. The van der Waals surface area contributed by atoms with Crippen LogP contribution in [0.25, 0.3) is 16.9 Å². The van der Waals surface area contributed by atoms with Gasteiger partial charge in [-0.1, -0.05) is 30.3 Å². The van der Waals surface area contributed by atoms with Crippen molar-refractivity contribution in [3.8, 4) is 17.3 Å². The fourth-order valence-electron chi connectivity index (χ4n) is 2.50. The molecule has 0 saturated heterocycles. The number of nitrogen functional groups attached to an aromatic ring is 2. The highest BCUT2D eigenvalue weighted by atomic mass is 32.1. The molecule has 0 atom stereocenters. The number of thiazole rings is 1. The van der Waals surface area contributed by atoms with Crippen LogP contribution in [0.5, 0.6) is 0 Å². The van der Waals surface area contributed by atoms with Crippen LogP contribution in [-0.2, 0) is 0 Å². The molecule has 3 aromatic heterocycles. The molecule has 0 amide bonds. The number of anilines is 2. The molecule has 4 N–H and O–H groups in total. The molecule has 3 heterocycles. The van der Waals surface area contributed by atoms with Crippen molar-refractivity contribution in [3.63, 3.8) is 0 Å². The largest absolute Gasteiger partial charge is 0.382 e. The number of nitrogens with two attached hydrogens (primary N) is 2. The first-order valence-corrected chi connectivity index (χ1v) is 8.31. The number of aromatic nitrogens is 4. The topological polar surface area (TPSA) is 144 Å². The molecule has 4 rings (SSSR count). The predicted molar refractivity (Wildman–Crippen MR) is 98.3 cm³/mol. The molecule has 26 heavy (non-hydrogen) atoms. The van der Waals surface area contributed by atoms with Gasteiger partial charge >= 0.3 is 0 Å². The van der Waals surface area contributed by atoms with Gasteiger partial charge in [0.1, 0.15) is 17.5 Å². The van der Waals surface area contributed by atoms with Gasteiger partial charge in [0.15, 0.2) is 17.2 Å². The molecule has 0 radical (unpaired) electrons. The van der Waals surface area contributed by atoms with Gasteiger partial charge in [0.2, 0.25) is 5.13 Å². The Kier molecular flexibility index (Phi) is 3.75. The lowest BCUT2D eigenvalue weighted by atomic mass is 10.1. The summed E-state index contributed by atoms with van der Waals surface area (Å²) in [6.45, 7) is 0. The van der Waals surface area contributed by atoms with Gasteiger partial charge in [0.05, 0.1) is 5.69 Å². The Morgan fingerprint density at radius 3 is 2.62 bits per heavy atom. The van der Waals surface area contributed by atoms with Crippen molar-refractivity contribution in [2.24, 2.45) is 10.2 Å². The molecule has 0 spiro atoms. The van der Waals surface area contributed by atoms with Crippen molar-refractivity contribution < 1.29 is 0 Å². The Labute approximate surface area is 151 Å². The van der Waals surface area contributed by atoms with E-state index in [2.05, 4.69) is 31.4 Å². The molecule has 9 nitrogen and oxygen atoms in total. The van der Waals surface area contributed by atoms with Crippen molar-refractivity contribution in [1.29, 1.82) is 5.26 Å². The lowest BCUT2D eigenvalue weighted by molar-refractivity contribution is 0.952. The van der Waals surface area contributed by atoms with Gasteiger partial charge in [0.25, 0.3) is 0 Å². The second kappa shape index (κ2) is 6.23. The molecular formula is C16H11N9S. The number of hydrogen-bond donors (Lipinski definition) is 2. The molecule has 0 aliphatic carbocycles. The molecule has 1 aromatic carbocycles. The van der Waals surface area contributed by atoms with E-state index in [0.29, 0.717) is 16.5 Å². The Morgan fingerprint density at radius 2 is 1.92 bits per heavy atom. The fraction of sp³-hybridized carbons (Fsp3) is 0. The number of fused-ring (bicyclic) bond motifs is 1. The third-order valence-corrected chi connectivity index (χ3v) is 4.26. The van der Waals surface area contributed by atoms with Gasteiger partial charge in [0, 0.05) is 17.1 Å². The summed E-state index contributed by atoms with van der Waals surface area (Å²) in [5.74, 6) is 0.203. The van der Waals surface area contributed by atoms with Crippen LogP contribution >= 0.6 is 11.3 Å². The summed E-state index contributed by atoms with van der Waals surface area (Å²) in [6, 6.07) is 11.4. The number of nitriles is 1. The Bertz CT molecular complexity index is 1150. The molecule has 0 aliphatic heterocycles. The van der Waals surface area contributed by atoms with Crippen molar-refractivity contribution in [3.05, 3.63) is 47.5 Å². The van der Waals surface area contributed by atoms with Gasteiger partial charge in [-0.2, -0.15) is 5.26 Å². The third-order valence-electron chi connectivity index (χ3n) is 3.61. The highest BCUT2D eigenvalue weighted by molar-refractivity contribution is 7.13. The molecule has 4 aromatic rings. The monoisotopic (exact) mass is 361 g/mol. The molecule has 126 valence electrons. The van der Waals surface area contributed by atoms with Crippen LogP contribution in [0.1, 0.15) is 5.56 Å². The minimum Gasteiger partial charge on any atom is -0.382 e. The van der Waals surface area contributed by atoms with E-state index >= 15 is 0 Å². The number of benzene rings is 1. The Hall–Kier alpha value is -3.84. The van der Waals surface area contributed by atoms with Gasteiger partial charge < -0.3 is 11.5 Å². The lowest BCUT2D eigenvalue weighted by Crippen LogP contribution is -2.05. The normalized spacial score (nSPS) is 11.2. The molecule has 0 aliphatic rings. The minimum absolute atomic E-state index is 0.0736. The van der Waals surface area contributed by atoms with Crippen LogP contribution in [0.4, 0.5) is 22.5 Å². The number of azo groups is 1. The highest BCUT2D eigenvalue weighted by Gasteiger charge is 2.21. The Morgan fingerprint density at radius 1 is 1.12 bits per heavy atom. The standard InChI is InChI=1S/C16H11N9S/c17-8-10-12(9-4-2-1-3-5-9)25-15(21-13(10)18)11(14(19)24-25)22-23-16-20-6-7-26-16/h1-7H,(H2,18,21)(H2,19,24). The Balaban J connectivity index is 1.99. The maximum Gasteiger partial charge on any atom is 0.229 e. The first kappa shape index (κ1) is 15.7. The SMILES string of the molecule is N#Cc1c(N)nc2c(N=Nc3nccs3)c(N)nn2c1-c1ccccc1. The van der Waals surface area contributed by atoms with Gasteiger partial charge in [-0.15, -0.1) is 26.7 Å². The van der Waals surface area contributed by atoms with E-state index in [1.807, 2.05) is 30.3 Å². The van der Waals surface area contributed by atoms with E-state index in [9.17, 15) is 5.26 Å². The van der Waals surface area contributed by atoms with Crippen LogP contribution in [0, 0.1) is 11.3 Å². The summed E-state index contributed by atoms with van der Waals surface area (Å²) in [7, 11) is 0. The van der Waals surface area contributed by atoms with Crippen molar-refractivity contribution >= 4 is 39.4 Å².